The van der Waals surface area contributed by atoms with Crippen molar-refractivity contribution in [1.82, 2.24) is 14.9 Å². The molecule has 0 amide bonds. The molecule has 0 aliphatic carbocycles. The number of piperazine rings is 1. The lowest BCUT2D eigenvalue weighted by molar-refractivity contribution is -0.134. The summed E-state index contributed by atoms with van der Waals surface area (Å²) in [7, 11) is 0. The van der Waals surface area contributed by atoms with Crippen LogP contribution in [-0.4, -0.2) is 88.5 Å². The maximum Gasteiger partial charge on any atom is 0.328 e. The molecule has 0 atom stereocenters. The number of hydrogen-bond acceptors (Lipinski definition) is 8. The molecule has 1 aromatic heterocycles. The number of anilines is 2. The zero-order chi connectivity index (χ0) is 24.2. The molecule has 1 fully saturated rings. The van der Waals surface area contributed by atoms with Gasteiger partial charge in [0, 0.05) is 93.7 Å². The molecular weight excluding hydrogens is 436 g/mol. The number of fused-ring (bicyclic) bond motifs is 1. The SMILES string of the molecule is O=C(O)C=CC(=O)O.c1cnc(N2CCN(CCCN=C3CCNc4ccccc43)CC2)nc1. The van der Waals surface area contributed by atoms with E-state index >= 15 is 0 Å². The predicted octanol–water partition coefficient (Wildman–Crippen LogP) is 2.01. The van der Waals surface area contributed by atoms with Crippen LogP contribution in [0.1, 0.15) is 18.4 Å². The summed E-state index contributed by atoms with van der Waals surface area (Å²) in [6.07, 6.45) is 6.87. The van der Waals surface area contributed by atoms with E-state index in [2.05, 4.69) is 49.4 Å². The summed E-state index contributed by atoms with van der Waals surface area (Å²) in [5.41, 5.74) is 3.75. The standard InChI is InChI=1S/C20H26N6.C4H4O4/c1-2-6-18-17(5-1)19(7-11-22-18)21-10-4-12-25-13-15-26(16-14-25)20-23-8-3-9-24-20;5-3(6)1-2-4(7)8/h1-3,5-6,8-9,22H,4,7,10-16H2;1-2H,(H,5,6)(H,7,8). The van der Waals surface area contributed by atoms with E-state index in [1.807, 2.05) is 18.5 Å². The summed E-state index contributed by atoms with van der Waals surface area (Å²) in [6, 6.07) is 10.3. The molecule has 2 aliphatic rings. The van der Waals surface area contributed by atoms with Crippen LogP contribution in [-0.2, 0) is 9.59 Å². The van der Waals surface area contributed by atoms with Gasteiger partial charge in [0.05, 0.1) is 0 Å². The van der Waals surface area contributed by atoms with E-state index in [0.717, 1.165) is 64.6 Å². The number of aromatic nitrogens is 2. The van der Waals surface area contributed by atoms with E-state index in [1.54, 1.807) is 0 Å². The minimum absolute atomic E-state index is 0.558. The Bertz CT molecular complexity index is 988. The topological polar surface area (TPSA) is 131 Å². The first-order valence-electron chi connectivity index (χ1n) is 11.3. The number of rotatable bonds is 7. The lowest BCUT2D eigenvalue weighted by atomic mass is 10.0. The van der Waals surface area contributed by atoms with Crippen LogP contribution in [0.25, 0.3) is 0 Å². The van der Waals surface area contributed by atoms with E-state index in [-0.39, 0.29) is 0 Å². The number of carbonyl (C=O) groups is 2. The van der Waals surface area contributed by atoms with Crippen molar-refractivity contribution >= 4 is 29.3 Å². The van der Waals surface area contributed by atoms with Crippen LogP contribution in [0.2, 0.25) is 0 Å². The number of carboxylic acid groups (broad SMARTS) is 2. The molecule has 0 saturated carbocycles. The normalized spacial score (nSPS) is 16.9. The van der Waals surface area contributed by atoms with Crippen molar-refractivity contribution in [1.29, 1.82) is 0 Å². The molecule has 1 aromatic carbocycles. The Kier molecular flexibility index (Phi) is 9.53. The molecule has 0 spiro atoms. The minimum Gasteiger partial charge on any atom is -0.478 e. The Morgan fingerprint density at radius 1 is 1.00 bits per heavy atom. The third-order valence-corrected chi connectivity index (χ3v) is 5.43. The van der Waals surface area contributed by atoms with E-state index in [4.69, 9.17) is 15.2 Å². The highest BCUT2D eigenvalue weighted by Crippen LogP contribution is 2.21. The molecule has 2 aromatic rings. The van der Waals surface area contributed by atoms with E-state index in [1.165, 1.54) is 17.0 Å². The average molecular weight is 467 g/mol. The van der Waals surface area contributed by atoms with Gasteiger partial charge in [-0.25, -0.2) is 19.6 Å². The predicted molar refractivity (Wildman–Crippen MR) is 131 cm³/mol. The lowest BCUT2D eigenvalue weighted by Gasteiger charge is -2.34. The third-order valence-electron chi connectivity index (χ3n) is 5.43. The second kappa shape index (κ2) is 13.0. The van der Waals surface area contributed by atoms with Crippen molar-refractivity contribution in [3.63, 3.8) is 0 Å². The van der Waals surface area contributed by atoms with Gasteiger partial charge in [-0.3, -0.25) is 9.89 Å². The molecule has 1 saturated heterocycles. The van der Waals surface area contributed by atoms with Gasteiger partial charge in [0.25, 0.3) is 0 Å². The highest BCUT2D eigenvalue weighted by atomic mass is 16.4. The Labute approximate surface area is 198 Å². The summed E-state index contributed by atoms with van der Waals surface area (Å²) < 4.78 is 0. The summed E-state index contributed by atoms with van der Waals surface area (Å²) in [6.45, 7) is 7.14. The van der Waals surface area contributed by atoms with Crippen molar-refractivity contribution in [2.24, 2.45) is 4.99 Å². The Balaban J connectivity index is 0.000000350. The average Bonchev–Trinajstić information content (AvgIpc) is 2.87. The zero-order valence-corrected chi connectivity index (χ0v) is 19.0. The molecular formula is C24H30N6O4. The molecule has 3 N–H and O–H groups in total. The molecule has 4 rings (SSSR count). The van der Waals surface area contributed by atoms with Crippen LogP contribution >= 0.6 is 0 Å². The third kappa shape index (κ3) is 7.96. The van der Waals surface area contributed by atoms with E-state index < -0.39 is 11.9 Å². The summed E-state index contributed by atoms with van der Waals surface area (Å²) in [5, 5.41) is 19.1. The van der Waals surface area contributed by atoms with Crippen LogP contribution in [0.5, 0.6) is 0 Å². The number of nitrogens with one attached hydrogen (secondary N) is 1. The molecule has 34 heavy (non-hydrogen) atoms. The van der Waals surface area contributed by atoms with Gasteiger partial charge in [-0.2, -0.15) is 0 Å². The van der Waals surface area contributed by atoms with Gasteiger partial charge in [-0.1, -0.05) is 18.2 Å². The van der Waals surface area contributed by atoms with Crippen molar-refractivity contribution in [2.75, 3.05) is 56.0 Å². The molecule has 3 heterocycles. The van der Waals surface area contributed by atoms with Gasteiger partial charge in [-0.15, -0.1) is 0 Å². The van der Waals surface area contributed by atoms with E-state index in [9.17, 15) is 9.59 Å². The number of aliphatic imine (C=N–C) groups is 1. The van der Waals surface area contributed by atoms with Crippen LogP contribution in [0, 0.1) is 0 Å². The fourth-order valence-corrected chi connectivity index (χ4v) is 3.78. The molecule has 0 bridgehead atoms. The molecule has 180 valence electrons. The van der Waals surface area contributed by atoms with Gasteiger partial charge >= 0.3 is 11.9 Å². The van der Waals surface area contributed by atoms with Gasteiger partial charge in [0.15, 0.2) is 0 Å². The summed E-state index contributed by atoms with van der Waals surface area (Å²) in [5.74, 6) is -1.66. The number of aliphatic carboxylic acids is 2. The number of benzene rings is 1. The van der Waals surface area contributed by atoms with Crippen molar-refractivity contribution < 1.29 is 19.8 Å². The Morgan fingerprint density at radius 3 is 2.35 bits per heavy atom. The smallest absolute Gasteiger partial charge is 0.328 e. The van der Waals surface area contributed by atoms with Crippen molar-refractivity contribution in [3.8, 4) is 0 Å². The lowest BCUT2D eigenvalue weighted by Crippen LogP contribution is -2.47. The van der Waals surface area contributed by atoms with Crippen LogP contribution in [0.4, 0.5) is 11.6 Å². The largest absolute Gasteiger partial charge is 0.478 e. The van der Waals surface area contributed by atoms with Gasteiger partial charge in [-0.05, 0) is 18.6 Å². The maximum atomic E-state index is 9.55. The van der Waals surface area contributed by atoms with Crippen LogP contribution in [0.3, 0.4) is 0 Å². The van der Waals surface area contributed by atoms with Crippen molar-refractivity contribution in [3.05, 3.63) is 60.4 Å². The number of nitrogens with zero attached hydrogens (tertiary/aromatic N) is 5. The van der Waals surface area contributed by atoms with Gasteiger partial charge in [0.1, 0.15) is 0 Å². The Hall–Kier alpha value is -3.79. The first kappa shape index (κ1) is 24.8. The molecule has 2 aliphatic heterocycles. The van der Waals surface area contributed by atoms with Gasteiger partial charge < -0.3 is 20.4 Å². The Morgan fingerprint density at radius 2 is 1.68 bits per heavy atom. The highest BCUT2D eigenvalue weighted by Gasteiger charge is 2.18. The molecule has 10 heteroatoms. The second-order valence-corrected chi connectivity index (χ2v) is 7.79. The summed E-state index contributed by atoms with van der Waals surface area (Å²) >= 11 is 0. The fourth-order valence-electron chi connectivity index (χ4n) is 3.78. The first-order valence-corrected chi connectivity index (χ1v) is 11.3. The number of para-hydroxylation sites is 1. The number of hydrogen-bond donors (Lipinski definition) is 3. The monoisotopic (exact) mass is 466 g/mol. The zero-order valence-electron chi connectivity index (χ0n) is 19.0. The minimum atomic E-state index is -1.26. The van der Waals surface area contributed by atoms with Crippen LogP contribution < -0.4 is 10.2 Å². The first-order chi connectivity index (χ1) is 16.5. The fraction of sp³-hybridized carbons (Fsp3) is 0.375. The maximum absolute atomic E-state index is 9.55. The molecule has 10 nitrogen and oxygen atoms in total. The second-order valence-electron chi connectivity index (χ2n) is 7.79. The van der Waals surface area contributed by atoms with Crippen molar-refractivity contribution in [2.45, 2.75) is 12.8 Å². The summed E-state index contributed by atoms with van der Waals surface area (Å²) in [4.78, 5) is 37.5. The molecule has 0 radical (unpaired) electrons. The van der Waals surface area contributed by atoms with Gasteiger partial charge in [0.2, 0.25) is 5.95 Å². The number of carboxylic acids is 2. The van der Waals surface area contributed by atoms with Crippen LogP contribution in [0.15, 0.2) is 59.9 Å². The quantitative estimate of drug-likeness (QED) is 0.414. The van der Waals surface area contributed by atoms with E-state index in [0.29, 0.717) is 12.2 Å². The highest BCUT2D eigenvalue weighted by molar-refractivity contribution is 6.06. The molecule has 0 unspecified atom stereocenters.